The Morgan fingerprint density at radius 1 is 0.312 bits per heavy atom. The van der Waals surface area contributed by atoms with Crippen LogP contribution in [0.15, 0.2) is 182 Å². The third-order valence-corrected chi connectivity index (χ3v) is 30.7. The second-order valence-corrected chi connectivity index (χ2v) is 31.6. The van der Waals surface area contributed by atoms with Crippen LogP contribution < -0.4 is 31.8 Å². The summed E-state index contributed by atoms with van der Waals surface area (Å²) in [5.74, 6) is 1.23. The van der Waals surface area contributed by atoms with Gasteiger partial charge in [-0.05, 0) is 0 Å². The van der Waals surface area contributed by atoms with E-state index in [-0.39, 0.29) is 0 Å². The SMILES string of the molecule is BrP(CC1CCC(CP(Br)(c2ccccc2)(c2ccccc2)c2ccccc2)CC1)(c1ccccc1)(c1ccccc1)c1ccccc1. The van der Waals surface area contributed by atoms with Gasteiger partial charge in [0.15, 0.2) is 0 Å². The first-order chi connectivity index (χ1) is 23.4. The summed E-state index contributed by atoms with van der Waals surface area (Å²) in [5.41, 5.74) is 0. The normalized spacial score (nSPS) is 18.5. The predicted octanol–water partition coefficient (Wildman–Crippen LogP) is 10.5. The summed E-state index contributed by atoms with van der Waals surface area (Å²) in [6.45, 7) is 0. The molecule has 6 aromatic carbocycles. The van der Waals surface area contributed by atoms with E-state index < -0.39 is 10.6 Å². The van der Waals surface area contributed by atoms with Gasteiger partial charge in [0.25, 0.3) is 0 Å². The van der Waals surface area contributed by atoms with Crippen molar-refractivity contribution in [3.05, 3.63) is 182 Å². The van der Waals surface area contributed by atoms with Crippen LogP contribution in [0, 0.1) is 11.8 Å². The third-order valence-electron chi connectivity index (χ3n) is 10.9. The van der Waals surface area contributed by atoms with E-state index in [0.717, 1.165) is 12.3 Å². The van der Waals surface area contributed by atoms with Gasteiger partial charge in [-0.1, -0.05) is 0 Å². The minimum atomic E-state index is -2.97. The molecule has 1 aliphatic carbocycles. The summed E-state index contributed by atoms with van der Waals surface area (Å²) in [6.07, 6.45) is 7.20. The minimum absolute atomic E-state index is 0.616. The molecule has 0 aromatic heterocycles. The summed E-state index contributed by atoms with van der Waals surface area (Å²) in [6, 6.07) is 67.9. The Morgan fingerprint density at radius 2 is 0.479 bits per heavy atom. The molecule has 6 aromatic rings. The van der Waals surface area contributed by atoms with Crippen LogP contribution in [-0.2, 0) is 0 Å². The Kier molecular flexibility index (Phi) is 9.67. The van der Waals surface area contributed by atoms with Crippen molar-refractivity contribution in [2.75, 3.05) is 12.3 Å². The van der Waals surface area contributed by atoms with Crippen molar-refractivity contribution in [1.82, 2.24) is 0 Å². The molecule has 0 amide bonds. The van der Waals surface area contributed by atoms with Crippen molar-refractivity contribution in [2.24, 2.45) is 11.8 Å². The fourth-order valence-electron chi connectivity index (χ4n) is 8.53. The van der Waals surface area contributed by atoms with Crippen LogP contribution in [0.4, 0.5) is 0 Å². The van der Waals surface area contributed by atoms with Gasteiger partial charge in [0.1, 0.15) is 0 Å². The standard InChI is InChI=1S/C44H44Br2P2/c45-47(39-19-7-1-8-20-39,40-21-9-2-10-22-40,41-23-11-3-12-24-41)35-37-31-33-38(34-32-37)36-48(46,42-25-13-4-14-26-42,43-27-15-5-16-28-43)44-29-17-6-18-30-44/h1-30,37-38H,31-36H2. The van der Waals surface area contributed by atoms with Crippen LogP contribution in [0.2, 0.25) is 0 Å². The van der Waals surface area contributed by atoms with Gasteiger partial charge in [0.2, 0.25) is 0 Å². The number of halogens is 2. The molecular weight excluding hydrogens is 750 g/mol. The topological polar surface area (TPSA) is 0 Å². The zero-order valence-electron chi connectivity index (χ0n) is 27.4. The van der Waals surface area contributed by atoms with E-state index in [9.17, 15) is 0 Å². The van der Waals surface area contributed by atoms with E-state index in [1.54, 1.807) is 0 Å². The summed E-state index contributed by atoms with van der Waals surface area (Å²) in [5, 5.41) is 2.60. The maximum atomic E-state index is 4.75. The van der Waals surface area contributed by atoms with E-state index in [2.05, 4.69) is 182 Å². The molecule has 48 heavy (non-hydrogen) atoms. The van der Waals surface area contributed by atoms with Gasteiger partial charge in [-0.25, -0.2) is 0 Å². The van der Waals surface area contributed by atoms with Crippen molar-refractivity contribution in [1.29, 1.82) is 0 Å². The summed E-state index contributed by atoms with van der Waals surface area (Å²) in [7, 11) is 0. The molecule has 4 heteroatoms. The van der Waals surface area contributed by atoms with Gasteiger partial charge in [-0.2, -0.15) is 0 Å². The van der Waals surface area contributed by atoms with Crippen LogP contribution in [0.3, 0.4) is 0 Å². The van der Waals surface area contributed by atoms with Crippen LogP contribution in [0.1, 0.15) is 25.7 Å². The quantitative estimate of drug-likeness (QED) is 0.121. The van der Waals surface area contributed by atoms with Gasteiger partial charge in [-0.3, -0.25) is 0 Å². The first-order valence-corrected chi connectivity index (χ1v) is 26.1. The fraction of sp³-hybridized carbons (Fsp3) is 0.182. The average Bonchev–Trinajstić information content (AvgIpc) is 3.18. The molecule has 0 heterocycles. The predicted molar refractivity (Wildman–Crippen MR) is 223 cm³/mol. The molecule has 1 saturated carbocycles. The van der Waals surface area contributed by atoms with Crippen molar-refractivity contribution >= 4 is 73.4 Å². The molecule has 0 aliphatic heterocycles. The van der Waals surface area contributed by atoms with Gasteiger partial charge < -0.3 is 0 Å². The Morgan fingerprint density at radius 3 is 0.646 bits per heavy atom. The average molecular weight is 795 g/mol. The number of hydrogen-bond donors (Lipinski definition) is 0. The Labute approximate surface area is 303 Å². The first kappa shape index (κ1) is 33.6. The van der Waals surface area contributed by atoms with E-state index in [4.69, 9.17) is 31.0 Å². The van der Waals surface area contributed by atoms with E-state index in [1.807, 2.05) is 0 Å². The van der Waals surface area contributed by atoms with Crippen molar-refractivity contribution < 1.29 is 0 Å². The van der Waals surface area contributed by atoms with Gasteiger partial charge in [-0.15, -0.1) is 0 Å². The van der Waals surface area contributed by atoms with Gasteiger partial charge >= 0.3 is 305 Å². The zero-order chi connectivity index (χ0) is 33.0. The van der Waals surface area contributed by atoms with Gasteiger partial charge in [0.05, 0.1) is 0 Å². The second-order valence-electron chi connectivity index (χ2n) is 13.6. The van der Waals surface area contributed by atoms with E-state index >= 15 is 0 Å². The molecule has 1 fully saturated rings. The van der Waals surface area contributed by atoms with Crippen LogP contribution in [0.5, 0.6) is 0 Å². The van der Waals surface area contributed by atoms with Crippen LogP contribution >= 0.6 is 41.6 Å². The third kappa shape index (κ3) is 5.78. The molecule has 244 valence electrons. The second kappa shape index (κ2) is 13.8. The molecule has 7 rings (SSSR count). The number of benzene rings is 6. The molecule has 0 atom stereocenters. The van der Waals surface area contributed by atoms with Crippen molar-refractivity contribution in [3.63, 3.8) is 0 Å². The number of rotatable bonds is 10. The summed E-state index contributed by atoms with van der Waals surface area (Å²) >= 11 is 9.49. The molecule has 0 N–H and O–H groups in total. The number of hydrogen-bond acceptors (Lipinski definition) is 0. The summed E-state index contributed by atoms with van der Waals surface area (Å²) in [4.78, 5) is 0. The first-order valence-electron chi connectivity index (χ1n) is 17.2. The Hall–Kier alpha value is -2.86. The molecule has 1 aliphatic rings. The van der Waals surface area contributed by atoms with E-state index in [1.165, 1.54) is 57.5 Å². The molecule has 0 spiro atoms. The van der Waals surface area contributed by atoms with Crippen molar-refractivity contribution in [2.45, 2.75) is 25.7 Å². The molecular formula is C44H44Br2P2. The summed E-state index contributed by atoms with van der Waals surface area (Å²) < 4.78 is 0. The zero-order valence-corrected chi connectivity index (χ0v) is 32.3. The Balaban J connectivity index is 1.26. The van der Waals surface area contributed by atoms with Gasteiger partial charge in [0, 0.05) is 0 Å². The molecule has 0 bridgehead atoms. The van der Waals surface area contributed by atoms with Crippen LogP contribution in [0.25, 0.3) is 0 Å². The molecule has 0 saturated heterocycles. The van der Waals surface area contributed by atoms with Crippen molar-refractivity contribution in [3.8, 4) is 0 Å². The maximum absolute atomic E-state index is 4.75. The van der Waals surface area contributed by atoms with Crippen LogP contribution in [-0.4, -0.2) is 12.3 Å². The molecule has 0 nitrogen and oxygen atoms in total. The molecule has 0 unspecified atom stereocenters. The molecule has 0 radical (unpaired) electrons. The monoisotopic (exact) mass is 792 g/mol. The fourth-order valence-corrected chi connectivity index (χ4v) is 25.7. The Bertz CT molecular complexity index is 1570. The van der Waals surface area contributed by atoms with E-state index in [0.29, 0.717) is 11.8 Å².